The maximum absolute atomic E-state index is 10.9. The molecule has 0 saturated carbocycles. The first-order valence-corrected chi connectivity index (χ1v) is 5.47. The maximum Gasteiger partial charge on any atom is 0.220 e. The van der Waals surface area contributed by atoms with E-state index < -0.39 is 0 Å². The largest absolute Gasteiger partial charge is 0.353 e. The van der Waals surface area contributed by atoms with Crippen molar-refractivity contribution < 1.29 is 4.79 Å². The number of thiophene rings is 1. The SMILES string of the molecule is O=C1CCC(Cc2ccc(Cl)s2)N1. The fourth-order valence-corrected chi connectivity index (χ4v) is 2.70. The molecule has 1 fully saturated rings. The van der Waals surface area contributed by atoms with Crippen LogP contribution in [0, 0.1) is 0 Å². The van der Waals surface area contributed by atoms with Gasteiger partial charge >= 0.3 is 0 Å². The summed E-state index contributed by atoms with van der Waals surface area (Å²) in [6.45, 7) is 0. The number of carbonyl (C=O) groups is 1. The van der Waals surface area contributed by atoms with Crippen LogP contribution in [0.25, 0.3) is 0 Å². The third kappa shape index (κ3) is 2.23. The quantitative estimate of drug-likeness (QED) is 0.806. The molecule has 2 heterocycles. The molecule has 0 aromatic carbocycles. The third-order valence-corrected chi connectivity index (χ3v) is 3.41. The lowest BCUT2D eigenvalue weighted by atomic mass is 10.1. The summed E-state index contributed by atoms with van der Waals surface area (Å²) in [5, 5.41) is 2.94. The molecule has 2 rings (SSSR count). The topological polar surface area (TPSA) is 29.1 Å². The smallest absolute Gasteiger partial charge is 0.220 e. The van der Waals surface area contributed by atoms with E-state index in [0.717, 1.165) is 17.2 Å². The average Bonchev–Trinajstić information content (AvgIpc) is 2.62. The van der Waals surface area contributed by atoms with Gasteiger partial charge in [0.1, 0.15) is 0 Å². The van der Waals surface area contributed by atoms with E-state index >= 15 is 0 Å². The van der Waals surface area contributed by atoms with Crippen LogP contribution in [0.1, 0.15) is 17.7 Å². The van der Waals surface area contributed by atoms with Gasteiger partial charge in [0.25, 0.3) is 0 Å². The summed E-state index contributed by atoms with van der Waals surface area (Å²) in [4.78, 5) is 12.2. The maximum atomic E-state index is 10.9. The van der Waals surface area contributed by atoms with Gasteiger partial charge in [0, 0.05) is 23.8 Å². The summed E-state index contributed by atoms with van der Waals surface area (Å²) in [5.41, 5.74) is 0. The van der Waals surface area contributed by atoms with E-state index in [4.69, 9.17) is 11.6 Å². The summed E-state index contributed by atoms with van der Waals surface area (Å²) in [6, 6.07) is 4.25. The Morgan fingerprint density at radius 2 is 2.46 bits per heavy atom. The fraction of sp³-hybridized carbons (Fsp3) is 0.444. The highest BCUT2D eigenvalue weighted by atomic mass is 35.5. The average molecular weight is 216 g/mol. The highest BCUT2D eigenvalue weighted by Crippen LogP contribution is 2.24. The van der Waals surface area contributed by atoms with E-state index in [-0.39, 0.29) is 5.91 Å². The van der Waals surface area contributed by atoms with Crippen LogP contribution in [0.4, 0.5) is 0 Å². The monoisotopic (exact) mass is 215 g/mol. The molecule has 1 N–H and O–H groups in total. The molecular weight excluding hydrogens is 206 g/mol. The zero-order valence-electron chi connectivity index (χ0n) is 7.05. The van der Waals surface area contributed by atoms with Crippen molar-refractivity contribution in [1.29, 1.82) is 0 Å². The van der Waals surface area contributed by atoms with Crippen LogP contribution >= 0.6 is 22.9 Å². The Kier molecular flexibility index (Phi) is 2.56. The fourth-order valence-electron chi connectivity index (χ4n) is 1.53. The normalized spacial score (nSPS) is 21.9. The molecule has 1 amide bonds. The van der Waals surface area contributed by atoms with Crippen LogP contribution in [-0.2, 0) is 11.2 Å². The summed E-state index contributed by atoms with van der Waals surface area (Å²) < 4.78 is 0.819. The van der Waals surface area contributed by atoms with Gasteiger partial charge in [0.15, 0.2) is 0 Å². The molecule has 0 radical (unpaired) electrons. The van der Waals surface area contributed by atoms with E-state index in [9.17, 15) is 4.79 Å². The van der Waals surface area contributed by atoms with Gasteiger partial charge in [-0.1, -0.05) is 11.6 Å². The second kappa shape index (κ2) is 3.68. The van der Waals surface area contributed by atoms with Gasteiger partial charge in [-0.3, -0.25) is 4.79 Å². The lowest BCUT2D eigenvalue weighted by Crippen LogP contribution is -2.26. The van der Waals surface area contributed by atoms with Crippen molar-refractivity contribution in [2.75, 3.05) is 0 Å². The van der Waals surface area contributed by atoms with Crippen LogP contribution in [0.3, 0.4) is 0 Å². The number of hydrogen-bond donors (Lipinski definition) is 1. The molecule has 0 bridgehead atoms. The Balaban J connectivity index is 1.95. The first kappa shape index (κ1) is 9.03. The second-order valence-corrected chi connectivity index (χ2v) is 5.01. The van der Waals surface area contributed by atoms with Gasteiger partial charge in [-0.05, 0) is 18.6 Å². The molecular formula is C9H10ClNOS. The lowest BCUT2D eigenvalue weighted by molar-refractivity contribution is -0.119. The molecule has 1 aliphatic heterocycles. The summed E-state index contributed by atoms with van der Waals surface area (Å²) in [6.07, 6.45) is 2.54. The molecule has 1 saturated heterocycles. The molecule has 2 nitrogen and oxygen atoms in total. The summed E-state index contributed by atoms with van der Waals surface area (Å²) in [7, 11) is 0. The molecule has 4 heteroatoms. The minimum Gasteiger partial charge on any atom is -0.353 e. The number of carbonyl (C=O) groups excluding carboxylic acids is 1. The van der Waals surface area contributed by atoms with Gasteiger partial charge in [0.05, 0.1) is 4.34 Å². The standard InChI is InChI=1S/C9H10ClNOS/c10-8-3-2-7(13-8)5-6-1-4-9(12)11-6/h2-3,6H,1,4-5H2,(H,11,12). The lowest BCUT2D eigenvalue weighted by Gasteiger charge is -2.06. The molecule has 1 aromatic heterocycles. The molecule has 13 heavy (non-hydrogen) atoms. The predicted molar refractivity (Wildman–Crippen MR) is 54.2 cm³/mol. The van der Waals surface area contributed by atoms with Gasteiger partial charge < -0.3 is 5.32 Å². The summed E-state index contributed by atoms with van der Waals surface area (Å²) >= 11 is 7.40. The van der Waals surface area contributed by atoms with Crippen LogP contribution in [0.2, 0.25) is 4.34 Å². The molecule has 70 valence electrons. The van der Waals surface area contributed by atoms with Crippen molar-refractivity contribution in [3.63, 3.8) is 0 Å². The zero-order valence-corrected chi connectivity index (χ0v) is 8.62. The van der Waals surface area contributed by atoms with Gasteiger partial charge in [-0.15, -0.1) is 11.3 Å². The van der Waals surface area contributed by atoms with Gasteiger partial charge in [-0.25, -0.2) is 0 Å². The van der Waals surface area contributed by atoms with Crippen LogP contribution in [-0.4, -0.2) is 11.9 Å². The number of hydrogen-bond acceptors (Lipinski definition) is 2. The molecule has 0 spiro atoms. The third-order valence-electron chi connectivity index (χ3n) is 2.16. The van der Waals surface area contributed by atoms with E-state index in [1.807, 2.05) is 12.1 Å². The highest BCUT2D eigenvalue weighted by Gasteiger charge is 2.21. The predicted octanol–water partition coefficient (Wildman–Crippen LogP) is 2.22. The molecule has 1 atom stereocenters. The van der Waals surface area contributed by atoms with E-state index in [1.54, 1.807) is 11.3 Å². The molecule has 1 aromatic rings. The van der Waals surface area contributed by atoms with Crippen molar-refractivity contribution in [2.45, 2.75) is 25.3 Å². The number of rotatable bonds is 2. The van der Waals surface area contributed by atoms with Crippen molar-refractivity contribution >= 4 is 28.8 Å². The Bertz CT molecular complexity index is 323. The Morgan fingerprint density at radius 1 is 1.62 bits per heavy atom. The van der Waals surface area contributed by atoms with Gasteiger partial charge in [-0.2, -0.15) is 0 Å². The number of nitrogens with one attached hydrogen (secondary N) is 1. The van der Waals surface area contributed by atoms with Crippen molar-refractivity contribution in [3.8, 4) is 0 Å². The second-order valence-electron chi connectivity index (χ2n) is 3.21. The molecule has 1 aliphatic rings. The first-order valence-electron chi connectivity index (χ1n) is 4.27. The number of amides is 1. The van der Waals surface area contributed by atoms with E-state index in [1.165, 1.54) is 4.88 Å². The highest BCUT2D eigenvalue weighted by molar-refractivity contribution is 7.16. The first-order chi connectivity index (χ1) is 6.24. The van der Waals surface area contributed by atoms with E-state index in [0.29, 0.717) is 12.5 Å². The minimum absolute atomic E-state index is 0.174. The van der Waals surface area contributed by atoms with Gasteiger partial charge in [0.2, 0.25) is 5.91 Å². The van der Waals surface area contributed by atoms with Crippen molar-refractivity contribution in [1.82, 2.24) is 5.32 Å². The molecule has 0 aliphatic carbocycles. The minimum atomic E-state index is 0.174. The number of halogens is 1. The summed E-state index contributed by atoms with van der Waals surface area (Å²) in [5.74, 6) is 0.174. The Morgan fingerprint density at radius 3 is 3.00 bits per heavy atom. The Hall–Kier alpha value is -0.540. The van der Waals surface area contributed by atoms with E-state index in [2.05, 4.69) is 5.32 Å². The van der Waals surface area contributed by atoms with Crippen molar-refractivity contribution in [2.24, 2.45) is 0 Å². The molecule has 1 unspecified atom stereocenters. The van der Waals surface area contributed by atoms with Crippen LogP contribution < -0.4 is 5.32 Å². The van der Waals surface area contributed by atoms with Crippen LogP contribution in [0.5, 0.6) is 0 Å². The zero-order chi connectivity index (χ0) is 9.26. The Labute approximate surface area is 85.9 Å². The van der Waals surface area contributed by atoms with Crippen LogP contribution in [0.15, 0.2) is 12.1 Å². The van der Waals surface area contributed by atoms with Crippen molar-refractivity contribution in [3.05, 3.63) is 21.3 Å².